The molecule has 1 aromatic heterocycles. The number of benzene rings is 1. The highest BCUT2D eigenvalue weighted by Gasteiger charge is 2.38. The maximum absolute atomic E-state index is 12.5. The van der Waals surface area contributed by atoms with E-state index in [1.54, 1.807) is 13.8 Å². The molecule has 0 aliphatic carbocycles. The van der Waals surface area contributed by atoms with Crippen LogP contribution in [0.25, 0.3) is 0 Å². The highest BCUT2D eigenvalue weighted by molar-refractivity contribution is 6.23. The van der Waals surface area contributed by atoms with Crippen LogP contribution in [0.1, 0.15) is 43.7 Å². The molecule has 0 unspecified atom stereocenters. The molecule has 1 aromatic carbocycles. The second kappa shape index (κ2) is 7.73. The topological polar surface area (TPSA) is 154 Å². The number of anilines is 1. The number of ether oxygens (including phenoxy) is 1. The molecular formula is C18H17N5O7. The van der Waals surface area contributed by atoms with Crippen LogP contribution in [0.3, 0.4) is 0 Å². The summed E-state index contributed by atoms with van der Waals surface area (Å²) in [6, 6.07) is 3.28. The maximum Gasteiger partial charge on any atom is 0.343 e. The van der Waals surface area contributed by atoms with Gasteiger partial charge in [-0.2, -0.15) is 5.10 Å². The van der Waals surface area contributed by atoms with E-state index in [1.165, 1.54) is 17.8 Å². The lowest BCUT2D eigenvalue weighted by Crippen LogP contribution is -2.37. The Morgan fingerprint density at radius 2 is 1.90 bits per heavy atom. The van der Waals surface area contributed by atoms with Crippen molar-refractivity contribution in [2.75, 3.05) is 18.5 Å². The van der Waals surface area contributed by atoms with E-state index in [2.05, 4.69) is 10.4 Å². The lowest BCUT2D eigenvalue weighted by molar-refractivity contribution is -0.384. The van der Waals surface area contributed by atoms with Crippen LogP contribution in [0.5, 0.6) is 0 Å². The van der Waals surface area contributed by atoms with Crippen molar-refractivity contribution >= 4 is 35.2 Å². The Bertz CT molecular complexity index is 1100. The number of hydrogen-bond donors (Lipinski definition) is 1. The number of carbonyl (C=O) groups is 4. The van der Waals surface area contributed by atoms with Gasteiger partial charge >= 0.3 is 5.97 Å². The van der Waals surface area contributed by atoms with Crippen molar-refractivity contribution in [3.05, 3.63) is 50.7 Å². The minimum Gasteiger partial charge on any atom is -0.462 e. The van der Waals surface area contributed by atoms with Crippen LogP contribution in [-0.4, -0.2) is 56.4 Å². The van der Waals surface area contributed by atoms with Crippen molar-refractivity contribution < 1.29 is 28.8 Å². The molecule has 0 atom stereocenters. The van der Waals surface area contributed by atoms with Gasteiger partial charge in [0, 0.05) is 19.2 Å². The molecule has 1 aliphatic rings. The monoisotopic (exact) mass is 415 g/mol. The Kier molecular flexibility index (Phi) is 5.32. The van der Waals surface area contributed by atoms with Crippen molar-refractivity contribution in [2.45, 2.75) is 13.8 Å². The first kappa shape index (κ1) is 20.6. The second-order valence-corrected chi connectivity index (χ2v) is 6.38. The third-order valence-corrected chi connectivity index (χ3v) is 4.43. The zero-order valence-electron chi connectivity index (χ0n) is 16.3. The standard InChI is InChI=1S/C18H17N5O7/c1-4-30-18(27)14-9(2)20-21(3)15(14)19-13(24)8-22-16(25)11-6-5-10(23(28)29)7-12(11)17(22)26/h5-7H,4,8H2,1-3H3,(H,19,24). The number of hydrogen-bond acceptors (Lipinski definition) is 8. The molecule has 3 amide bonds. The predicted octanol–water partition coefficient (Wildman–Crippen LogP) is 1.05. The minimum atomic E-state index is -0.819. The smallest absolute Gasteiger partial charge is 0.343 e. The lowest BCUT2D eigenvalue weighted by Gasteiger charge is -2.14. The molecule has 1 N–H and O–H groups in total. The average Bonchev–Trinajstić information content (AvgIpc) is 3.09. The maximum atomic E-state index is 12.5. The Balaban J connectivity index is 1.81. The number of fused-ring (bicyclic) bond motifs is 1. The van der Waals surface area contributed by atoms with Crippen molar-refractivity contribution in [3.8, 4) is 0 Å². The number of amides is 3. The first-order valence-corrected chi connectivity index (χ1v) is 8.80. The van der Waals surface area contributed by atoms with Crippen molar-refractivity contribution in [1.29, 1.82) is 0 Å². The summed E-state index contributed by atoms with van der Waals surface area (Å²) in [5, 5.41) is 17.5. The summed E-state index contributed by atoms with van der Waals surface area (Å²) in [5.41, 5.74) is -0.122. The second-order valence-electron chi connectivity index (χ2n) is 6.38. The molecule has 0 bridgehead atoms. The van der Waals surface area contributed by atoms with E-state index in [-0.39, 0.29) is 34.8 Å². The number of aromatic nitrogens is 2. The fourth-order valence-electron chi connectivity index (χ4n) is 3.10. The summed E-state index contributed by atoms with van der Waals surface area (Å²) in [6.45, 7) is 2.68. The van der Waals surface area contributed by atoms with E-state index in [1.807, 2.05) is 0 Å². The molecule has 2 aromatic rings. The van der Waals surface area contributed by atoms with Crippen LogP contribution < -0.4 is 5.32 Å². The van der Waals surface area contributed by atoms with Gasteiger partial charge in [0.25, 0.3) is 17.5 Å². The van der Waals surface area contributed by atoms with Gasteiger partial charge < -0.3 is 10.1 Å². The van der Waals surface area contributed by atoms with E-state index in [0.29, 0.717) is 10.6 Å². The van der Waals surface area contributed by atoms with E-state index in [0.717, 1.165) is 12.1 Å². The van der Waals surface area contributed by atoms with Crippen molar-refractivity contribution in [2.24, 2.45) is 7.05 Å². The van der Waals surface area contributed by atoms with Gasteiger partial charge in [-0.25, -0.2) is 4.79 Å². The highest BCUT2D eigenvalue weighted by Crippen LogP contribution is 2.27. The molecule has 12 heteroatoms. The van der Waals surface area contributed by atoms with Crippen LogP contribution in [-0.2, 0) is 16.6 Å². The number of nitrogens with zero attached hydrogens (tertiary/aromatic N) is 4. The molecular weight excluding hydrogens is 398 g/mol. The summed E-state index contributed by atoms with van der Waals surface area (Å²) in [6.07, 6.45) is 0. The number of nitrogens with one attached hydrogen (secondary N) is 1. The highest BCUT2D eigenvalue weighted by atomic mass is 16.6. The normalized spacial score (nSPS) is 12.7. The molecule has 0 fully saturated rings. The number of non-ortho nitro benzene ring substituents is 1. The van der Waals surface area contributed by atoms with Gasteiger partial charge in [0.15, 0.2) is 0 Å². The summed E-state index contributed by atoms with van der Waals surface area (Å²) < 4.78 is 6.24. The number of rotatable bonds is 6. The van der Waals surface area contributed by atoms with Crippen molar-refractivity contribution in [3.63, 3.8) is 0 Å². The summed E-state index contributed by atoms with van der Waals surface area (Å²) in [7, 11) is 1.51. The summed E-state index contributed by atoms with van der Waals surface area (Å²) >= 11 is 0. The molecule has 1 aliphatic heterocycles. The zero-order valence-corrected chi connectivity index (χ0v) is 16.3. The minimum absolute atomic E-state index is 0.0259. The van der Waals surface area contributed by atoms with Gasteiger partial charge in [-0.3, -0.25) is 34.1 Å². The Morgan fingerprint density at radius 1 is 1.23 bits per heavy atom. The Morgan fingerprint density at radius 3 is 2.53 bits per heavy atom. The zero-order chi connectivity index (χ0) is 22.2. The van der Waals surface area contributed by atoms with Crippen LogP contribution in [0.15, 0.2) is 18.2 Å². The summed E-state index contributed by atoms with van der Waals surface area (Å²) in [5.74, 6) is -2.94. The Labute approximate surface area is 169 Å². The van der Waals surface area contributed by atoms with Gasteiger partial charge in [-0.05, 0) is 19.9 Å². The van der Waals surface area contributed by atoms with E-state index < -0.39 is 35.2 Å². The summed E-state index contributed by atoms with van der Waals surface area (Å²) in [4.78, 5) is 60.6. The van der Waals surface area contributed by atoms with Crippen LogP contribution in [0.2, 0.25) is 0 Å². The van der Waals surface area contributed by atoms with Crippen LogP contribution >= 0.6 is 0 Å². The fourth-order valence-corrected chi connectivity index (χ4v) is 3.10. The molecule has 12 nitrogen and oxygen atoms in total. The number of imide groups is 1. The SMILES string of the molecule is CCOC(=O)c1c(C)nn(C)c1NC(=O)CN1C(=O)c2ccc([N+](=O)[O-])cc2C1=O. The molecule has 3 rings (SSSR count). The number of carbonyl (C=O) groups excluding carboxylic acids is 4. The Hall–Kier alpha value is -4.09. The predicted molar refractivity (Wildman–Crippen MR) is 101 cm³/mol. The van der Waals surface area contributed by atoms with Crippen LogP contribution in [0, 0.1) is 17.0 Å². The van der Waals surface area contributed by atoms with E-state index in [9.17, 15) is 29.3 Å². The molecule has 2 heterocycles. The van der Waals surface area contributed by atoms with Gasteiger partial charge in [0.1, 0.15) is 17.9 Å². The largest absolute Gasteiger partial charge is 0.462 e. The number of esters is 1. The fraction of sp³-hybridized carbons (Fsp3) is 0.278. The van der Waals surface area contributed by atoms with E-state index >= 15 is 0 Å². The van der Waals surface area contributed by atoms with Gasteiger partial charge in [0.05, 0.1) is 28.4 Å². The van der Waals surface area contributed by atoms with Gasteiger partial charge in [0.2, 0.25) is 5.91 Å². The van der Waals surface area contributed by atoms with Gasteiger partial charge in [-0.15, -0.1) is 0 Å². The van der Waals surface area contributed by atoms with E-state index in [4.69, 9.17) is 4.74 Å². The third kappa shape index (κ3) is 3.50. The number of nitro groups is 1. The number of nitro benzene ring substituents is 1. The molecule has 30 heavy (non-hydrogen) atoms. The van der Waals surface area contributed by atoms with Crippen LogP contribution in [0.4, 0.5) is 11.5 Å². The molecule has 0 saturated carbocycles. The molecule has 156 valence electrons. The number of aryl methyl sites for hydroxylation is 2. The first-order chi connectivity index (χ1) is 14.1. The average molecular weight is 415 g/mol. The molecule has 0 spiro atoms. The molecule has 0 saturated heterocycles. The van der Waals surface area contributed by atoms with Crippen molar-refractivity contribution in [1.82, 2.24) is 14.7 Å². The van der Waals surface area contributed by atoms with Gasteiger partial charge in [-0.1, -0.05) is 0 Å². The quantitative estimate of drug-likeness (QED) is 0.318. The lowest BCUT2D eigenvalue weighted by atomic mass is 10.1. The molecule has 0 radical (unpaired) electrons. The first-order valence-electron chi connectivity index (χ1n) is 8.80. The third-order valence-electron chi connectivity index (χ3n) is 4.43.